The Labute approximate surface area is 117 Å². The largest absolute Gasteiger partial charge is 0.465 e. The van der Waals surface area contributed by atoms with Crippen molar-refractivity contribution in [2.24, 2.45) is 5.92 Å². The van der Waals surface area contributed by atoms with Gasteiger partial charge in [-0.2, -0.15) is 0 Å². The Morgan fingerprint density at radius 2 is 2.12 bits per heavy atom. The summed E-state index contributed by atoms with van der Waals surface area (Å²) in [6.45, 7) is 0. The molecule has 0 heterocycles. The van der Waals surface area contributed by atoms with Gasteiger partial charge >= 0.3 is 5.97 Å². The minimum absolute atomic E-state index is 0.256. The third-order valence-corrected chi connectivity index (χ3v) is 3.47. The van der Waals surface area contributed by atoms with Gasteiger partial charge in [-0.15, -0.1) is 0 Å². The Morgan fingerprint density at radius 3 is 2.76 bits per heavy atom. The number of allylic oxidation sites excluding steroid dienone is 1. The van der Waals surface area contributed by atoms with Crippen molar-refractivity contribution in [1.82, 2.24) is 0 Å². The number of carbonyl (C=O) groups is 1. The summed E-state index contributed by atoms with van der Waals surface area (Å²) in [7, 11) is 1.42. The van der Waals surface area contributed by atoms with Gasteiger partial charge in [0, 0.05) is 0 Å². The molecule has 0 unspecified atom stereocenters. The fraction of sp³-hybridized carbons (Fsp3) is 0.308. The van der Waals surface area contributed by atoms with Crippen LogP contribution in [0.3, 0.4) is 0 Å². The van der Waals surface area contributed by atoms with Crippen LogP contribution in [0.15, 0.2) is 33.7 Å². The number of hydrogen-bond acceptors (Lipinski definition) is 2. The van der Waals surface area contributed by atoms with E-state index in [2.05, 4.69) is 37.9 Å². The molecule has 1 saturated carbocycles. The maximum Gasteiger partial charge on any atom is 0.338 e. The topological polar surface area (TPSA) is 26.3 Å². The number of benzene rings is 1. The van der Waals surface area contributed by atoms with Crippen molar-refractivity contribution in [3.63, 3.8) is 0 Å². The maximum atomic E-state index is 11.6. The summed E-state index contributed by atoms with van der Waals surface area (Å²) in [4.78, 5) is 11.6. The van der Waals surface area contributed by atoms with Crippen LogP contribution in [0.1, 0.15) is 28.3 Å². The molecular formula is C13H12Br2O2. The molecule has 0 aliphatic heterocycles. The Bertz CT molecular complexity index is 464. The lowest BCUT2D eigenvalue weighted by Crippen LogP contribution is -2.05. The third kappa shape index (κ3) is 2.99. The monoisotopic (exact) mass is 358 g/mol. The van der Waals surface area contributed by atoms with Crippen molar-refractivity contribution < 1.29 is 9.53 Å². The molecule has 0 amide bonds. The second kappa shape index (κ2) is 5.36. The van der Waals surface area contributed by atoms with Crippen LogP contribution in [-0.4, -0.2) is 13.1 Å². The molecule has 0 bridgehead atoms. The molecule has 1 fully saturated rings. The molecule has 0 saturated heterocycles. The minimum Gasteiger partial charge on any atom is -0.465 e. The van der Waals surface area contributed by atoms with Crippen LogP contribution in [0.4, 0.5) is 0 Å². The van der Waals surface area contributed by atoms with Crippen molar-refractivity contribution >= 4 is 37.8 Å². The normalized spacial score (nSPS) is 21.8. The highest BCUT2D eigenvalue weighted by Gasteiger charge is 2.38. The molecule has 0 N–H and O–H groups in total. The molecule has 0 spiro atoms. The summed E-state index contributed by atoms with van der Waals surface area (Å²) in [6.07, 6.45) is 3.20. The molecule has 17 heavy (non-hydrogen) atoms. The lowest BCUT2D eigenvalue weighted by atomic mass is 10.0. The van der Waals surface area contributed by atoms with Crippen LogP contribution in [0.2, 0.25) is 0 Å². The van der Waals surface area contributed by atoms with E-state index in [9.17, 15) is 4.79 Å². The van der Waals surface area contributed by atoms with Crippen LogP contribution in [0.5, 0.6) is 0 Å². The van der Waals surface area contributed by atoms with E-state index in [4.69, 9.17) is 4.74 Å². The van der Waals surface area contributed by atoms with Gasteiger partial charge in [0.1, 0.15) is 0 Å². The molecule has 1 aliphatic carbocycles. The van der Waals surface area contributed by atoms with E-state index in [1.807, 2.05) is 24.3 Å². The van der Waals surface area contributed by atoms with Crippen LogP contribution in [0.25, 0.3) is 0 Å². The number of hydrogen-bond donors (Lipinski definition) is 0. The zero-order chi connectivity index (χ0) is 12.4. The second-order valence-corrected chi connectivity index (χ2v) is 6.81. The predicted octanol–water partition coefficient (Wildman–Crippen LogP) is 4.21. The summed E-state index contributed by atoms with van der Waals surface area (Å²) in [5, 5.41) is 0. The highest BCUT2D eigenvalue weighted by Crippen LogP contribution is 2.50. The van der Waals surface area contributed by atoms with E-state index >= 15 is 0 Å². The van der Waals surface area contributed by atoms with Crippen LogP contribution in [0, 0.1) is 5.92 Å². The van der Waals surface area contributed by atoms with Crippen LogP contribution >= 0.6 is 31.9 Å². The molecule has 1 aromatic carbocycles. The number of methoxy groups -OCH3 is 1. The first-order valence-electron chi connectivity index (χ1n) is 5.33. The van der Waals surface area contributed by atoms with Crippen LogP contribution < -0.4 is 0 Å². The summed E-state index contributed by atoms with van der Waals surface area (Å²) in [6, 6.07) is 7.66. The molecule has 1 aromatic rings. The molecule has 0 aromatic heterocycles. The van der Waals surface area contributed by atoms with Gasteiger partial charge in [-0.25, -0.2) is 4.79 Å². The number of esters is 1. The van der Waals surface area contributed by atoms with Crippen molar-refractivity contribution in [2.45, 2.75) is 12.3 Å². The Hall–Kier alpha value is -0.610. The minimum atomic E-state index is -0.256. The molecule has 90 valence electrons. The first-order chi connectivity index (χ1) is 8.13. The van der Waals surface area contributed by atoms with Gasteiger partial charge < -0.3 is 4.74 Å². The van der Waals surface area contributed by atoms with Gasteiger partial charge in [-0.1, -0.05) is 24.3 Å². The Kier molecular flexibility index (Phi) is 4.05. The van der Waals surface area contributed by atoms with Crippen LogP contribution in [-0.2, 0) is 4.74 Å². The first kappa shape index (κ1) is 12.8. The smallest absolute Gasteiger partial charge is 0.338 e. The quantitative estimate of drug-likeness (QED) is 0.755. The zero-order valence-electron chi connectivity index (χ0n) is 9.32. The molecule has 1 aliphatic rings. The van der Waals surface area contributed by atoms with Crippen molar-refractivity contribution in [3.05, 3.63) is 44.9 Å². The summed E-state index contributed by atoms with van der Waals surface area (Å²) in [5.74, 6) is 0.665. The lowest BCUT2D eigenvalue weighted by Gasteiger charge is -2.06. The standard InChI is InChI=1S/C13H12Br2O2/c1-17-13(16)10-5-3-2-4-9(10)11-6-8(11)7-12(14)15/h2-5,7-8,11H,6H2,1H3/t8-,11+/m0/s1. The molecular weight excluding hydrogens is 348 g/mol. The molecule has 2 nitrogen and oxygen atoms in total. The summed E-state index contributed by atoms with van der Waals surface area (Å²) >= 11 is 6.72. The molecule has 2 atom stereocenters. The van der Waals surface area contributed by atoms with Gasteiger partial charge in [0.25, 0.3) is 0 Å². The SMILES string of the molecule is COC(=O)c1ccccc1[C@@H]1C[C@H]1C=C(Br)Br. The average molecular weight is 360 g/mol. The molecule has 0 radical (unpaired) electrons. The molecule has 4 heteroatoms. The summed E-state index contributed by atoms with van der Waals surface area (Å²) < 4.78 is 5.76. The number of halogens is 2. The van der Waals surface area contributed by atoms with E-state index in [0.29, 0.717) is 17.4 Å². The van der Waals surface area contributed by atoms with E-state index in [0.717, 1.165) is 15.4 Å². The van der Waals surface area contributed by atoms with Crippen molar-refractivity contribution in [3.8, 4) is 0 Å². The highest BCUT2D eigenvalue weighted by molar-refractivity contribution is 9.28. The van der Waals surface area contributed by atoms with Gasteiger partial charge in [-0.3, -0.25) is 0 Å². The summed E-state index contributed by atoms with van der Waals surface area (Å²) in [5.41, 5.74) is 1.77. The highest BCUT2D eigenvalue weighted by atomic mass is 79.9. The van der Waals surface area contributed by atoms with Gasteiger partial charge in [-0.05, 0) is 61.7 Å². The average Bonchev–Trinajstić information content (AvgIpc) is 3.06. The Balaban J connectivity index is 2.23. The molecule has 2 rings (SSSR count). The maximum absolute atomic E-state index is 11.6. The Morgan fingerprint density at radius 1 is 1.41 bits per heavy atom. The second-order valence-electron chi connectivity index (χ2n) is 4.04. The number of rotatable bonds is 3. The number of carbonyl (C=O) groups excluding carboxylic acids is 1. The predicted molar refractivity (Wildman–Crippen MR) is 74.6 cm³/mol. The van der Waals surface area contributed by atoms with Crippen molar-refractivity contribution in [1.29, 1.82) is 0 Å². The van der Waals surface area contributed by atoms with E-state index < -0.39 is 0 Å². The third-order valence-electron chi connectivity index (χ3n) is 2.95. The van der Waals surface area contributed by atoms with E-state index in [-0.39, 0.29) is 5.97 Å². The lowest BCUT2D eigenvalue weighted by molar-refractivity contribution is 0.0599. The fourth-order valence-corrected chi connectivity index (χ4v) is 2.71. The van der Waals surface area contributed by atoms with E-state index in [1.165, 1.54) is 7.11 Å². The van der Waals surface area contributed by atoms with Gasteiger partial charge in [0.2, 0.25) is 0 Å². The van der Waals surface area contributed by atoms with Gasteiger partial charge in [0.05, 0.1) is 16.1 Å². The first-order valence-corrected chi connectivity index (χ1v) is 6.92. The number of ether oxygens (including phenoxy) is 1. The van der Waals surface area contributed by atoms with E-state index in [1.54, 1.807) is 0 Å². The fourth-order valence-electron chi connectivity index (χ4n) is 2.03. The van der Waals surface area contributed by atoms with Crippen molar-refractivity contribution in [2.75, 3.05) is 7.11 Å². The van der Waals surface area contributed by atoms with Gasteiger partial charge in [0.15, 0.2) is 0 Å². The zero-order valence-corrected chi connectivity index (χ0v) is 12.5.